The molecule has 1 amide bonds. The second kappa shape index (κ2) is 7.47. The molecule has 0 radical (unpaired) electrons. The third kappa shape index (κ3) is 3.94. The molecular weight excluding hydrogens is 298 g/mol. The highest BCUT2D eigenvalue weighted by Gasteiger charge is 2.22. The first-order valence-corrected chi connectivity index (χ1v) is 8.63. The van der Waals surface area contributed by atoms with Gasteiger partial charge in [0, 0.05) is 32.9 Å². The zero-order chi connectivity index (χ0) is 16.9. The van der Waals surface area contributed by atoms with Crippen LogP contribution in [0.3, 0.4) is 0 Å². The van der Waals surface area contributed by atoms with E-state index in [0.29, 0.717) is 5.56 Å². The smallest absolute Gasteiger partial charge is 0.255 e. The van der Waals surface area contributed by atoms with Crippen LogP contribution in [-0.4, -0.2) is 35.9 Å². The first kappa shape index (κ1) is 16.5. The van der Waals surface area contributed by atoms with Crippen LogP contribution in [-0.2, 0) is 6.54 Å². The number of amides is 1. The molecule has 1 aliphatic heterocycles. The van der Waals surface area contributed by atoms with E-state index < -0.39 is 0 Å². The fraction of sp³-hybridized carbons (Fsp3) is 0.400. The van der Waals surface area contributed by atoms with Gasteiger partial charge in [-0.2, -0.15) is 0 Å². The lowest BCUT2D eigenvalue weighted by molar-refractivity contribution is 0.0697. The number of nitrogens with zero attached hydrogens (tertiary/aromatic N) is 3. The van der Waals surface area contributed by atoms with Crippen LogP contribution in [0.4, 0.5) is 5.69 Å². The van der Waals surface area contributed by atoms with Gasteiger partial charge in [0.2, 0.25) is 0 Å². The average Bonchev–Trinajstić information content (AvgIpc) is 2.63. The average molecular weight is 323 g/mol. The van der Waals surface area contributed by atoms with E-state index in [2.05, 4.69) is 28.9 Å². The van der Waals surface area contributed by atoms with Crippen LogP contribution in [0.25, 0.3) is 0 Å². The minimum absolute atomic E-state index is 0.101. The number of hydrogen-bond acceptors (Lipinski definition) is 3. The Balaban J connectivity index is 1.70. The van der Waals surface area contributed by atoms with Crippen LogP contribution in [0.1, 0.15) is 35.7 Å². The molecule has 3 rings (SSSR count). The molecule has 4 heteroatoms. The zero-order valence-electron chi connectivity index (χ0n) is 14.5. The number of carbonyl (C=O) groups excluding carboxylic acids is 1. The van der Waals surface area contributed by atoms with Crippen molar-refractivity contribution in [1.29, 1.82) is 0 Å². The summed E-state index contributed by atoms with van der Waals surface area (Å²) < 4.78 is 0. The fourth-order valence-corrected chi connectivity index (χ4v) is 3.10. The maximum absolute atomic E-state index is 12.7. The molecule has 2 heterocycles. The van der Waals surface area contributed by atoms with E-state index in [9.17, 15) is 4.79 Å². The van der Waals surface area contributed by atoms with Crippen molar-refractivity contribution in [3.05, 3.63) is 59.9 Å². The summed E-state index contributed by atoms with van der Waals surface area (Å²) >= 11 is 0. The lowest BCUT2D eigenvalue weighted by Crippen LogP contribution is -2.38. The van der Waals surface area contributed by atoms with Crippen LogP contribution in [0.2, 0.25) is 0 Å². The molecule has 24 heavy (non-hydrogen) atoms. The normalized spacial score (nSPS) is 15.3. The third-order valence-corrected chi connectivity index (χ3v) is 4.74. The van der Waals surface area contributed by atoms with Gasteiger partial charge in [0.05, 0.1) is 17.4 Å². The Hall–Kier alpha value is -2.36. The summed E-state index contributed by atoms with van der Waals surface area (Å²) in [5, 5.41) is 0. The van der Waals surface area contributed by atoms with E-state index in [0.717, 1.165) is 44.1 Å². The largest absolute Gasteiger partial charge is 0.369 e. The highest BCUT2D eigenvalue weighted by atomic mass is 16.2. The Bertz CT molecular complexity index is 678. The summed E-state index contributed by atoms with van der Waals surface area (Å²) in [6.07, 6.45) is 5.68. The Morgan fingerprint density at radius 1 is 1.21 bits per heavy atom. The van der Waals surface area contributed by atoms with Crippen molar-refractivity contribution in [2.45, 2.75) is 26.3 Å². The number of likely N-dealkylation sites (tertiary alicyclic amines) is 1. The number of benzene rings is 1. The Labute approximate surface area is 144 Å². The van der Waals surface area contributed by atoms with Crippen LogP contribution in [0.5, 0.6) is 0 Å². The van der Waals surface area contributed by atoms with E-state index in [1.54, 1.807) is 6.20 Å². The fourth-order valence-electron chi connectivity index (χ4n) is 3.10. The minimum atomic E-state index is 0.101. The molecule has 0 bridgehead atoms. The van der Waals surface area contributed by atoms with Crippen LogP contribution >= 0.6 is 0 Å². The SMILES string of the molecule is CC1CCN(C(=O)c2cncc(N(C)Cc3ccccc3)c2)CC1. The Morgan fingerprint density at radius 2 is 1.92 bits per heavy atom. The van der Waals surface area contributed by atoms with Crippen molar-refractivity contribution in [2.75, 3.05) is 25.0 Å². The standard InChI is InChI=1S/C20H25N3O/c1-16-8-10-23(11-9-16)20(24)18-12-19(14-21-13-18)22(2)15-17-6-4-3-5-7-17/h3-7,12-14,16H,8-11,15H2,1-2H3. The van der Waals surface area contributed by atoms with E-state index >= 15 is 0 Å². The molecule has 0 unspecified atom stereocenters. The molecule has 0 spiro atoms. The van der Waals surface area contributed by atoms with Gasteiger partial charge in [-0.3, -0.25) is 9.78 Å². The van der Waals surface area contributed by atoms with Crippen molar-refractivity contribution in [1.82, 2.24) is 9.88 Å². The summed E-state index contributed by atoms with van der Waals surface area (Å²) in [6, 6.07) is 12.3. The van der Waals surface area contributed by atoms with Crippen LogP contribution in [0.15, 0.2) is 48.8 Å². The molecule has 0 N–H and O–H groups in total. The molecule has 126 valence electrons. The molecule has 1 aliphatic rings. The van der Waals surface area contributed by atoms with Gasteiger partial charge in [-0.25, -0.2) is 0 Å². The van der Waals surface area contributed by atoms with Crippen LogP contribution in [0, 0.1) is 5.92 Å². The van der Waals surface area contributed by atoms with Gasteiger partial charge in [-0.15, -0.1) is 0 Å². The topological polar surface area (TPSA) is 36.4 Å². The van der Waals surface area contributed by atoms with Gasteiger partial charge < -0.3 is 9.80 Å². The number of rotatable bonds is 4. The summed E-state index contributed by atoms with van der Waals surface area (Å²) in [4.78, 5) is 21.1. The summed E-state index contributed by atoms with van der Waals surface area (Å²) in [5.74, 6) is 0.819. The Kier molecular flexibility index (Phi) is 5.14. The molecule has 0 atom stereocenters. The first-order chi connectivity index (χ1) is 11.6. The predicted octanol–water partition coefficient (Wildman–Crippen LogP) is 3.59. The second-order valence-electron chi connectivity index (χ2n) is 6.75. The number of aromatic nitrogens is 1. The van der Waals surface area contributed by atoms with E-state index in [4.69, 9.17) is 0 Å². The highest BCUT2D eigenvalue weighted by molar-refractivity contribution is 5.94. The third-order valence-electron chi connectivity index (χ3n) is 4.74. The van der Waals surface area contributed by atoms with Gasteiger partial charge in [0.25, 0.3) is 5.91 Å². The number of carbonyl (C=O) groups is 1. The highest BCUT2D eigenvalue weighted by Crippen LogP contribution is 2.20. The van der Waals surface area contributed by atoms with Gasteiger partial charge >= 0.3 is 0 Å². The summed E-state index contributed by atoms with van der Waals surface area (Å²) in [5.41, 5.74) is 2.89. The molecule has 1 aromatic heterocycles. The molecule has 4 nitrogen and oxygen atoms in total. The molecule has 1 saturated heterocycles. The number of anilines is 1. The first-order valence-electron chi connectivity index (χ1n) is 8.63. The quantitative estimate of drug-likeness (QED) is 0.863. The molecule has 0 saturated carbocycles. The van der Waals surface area contributed by atoms with Crippen molar-refractivity contribution < 1.29 is 4.79 Å². The van der Waals surface area contributed by atoms with Crippen molar-refractivity contribution in [3.63, 3.8) is 0 Å². The molecule has 0 aliphatic carbocycles. The molecule has 2 aromatic rings. The van der Waals surface area contributed by atoms with Gasteiger partial charge in [0.15, 0.2) is 0 Å². The van der Waals surface area contributed by atoms with Crippen molar-refractivity contribution >= 4 is 11.6 Å². The zero-order valence-corrected chi connectivity index (χ0v) is 14.5. The number of piperidine rings is 1. The van der Waals surface area contributed by atoms with Crippen molar-refractivity contribution in [3.8, 4) is 0 Å². The monoisotopic (exact) mass is 323 g/mol. The van der Waals surface area contributed by atoms with Crippen molar-refractivity contribution in [2.24, 2.45) is 5.92 Å². The Morgan fingerprint density at radius 3 is 2.62 bits per heavy atom. The van der Waals surface area contributed by atoms with E-state index in [1.807, 2.05) is 42.4 Å². The summed E-state index contributed by atoms with van der Waals surface area (Å²) in [7, 11) is 2.03. The van der Waals surface area contributed by atoms with Gasteiger partial charge in [-0.1, -0.05) is 37.3 Å². The predicted molar refractivity (Wildman–Crippen MR) is 97.1 cm³/mol. The maximum Gasteiger partial charge on any atom is 0.255 e. The van der Waals surface area contributed by atoms with Gasteiger partial charge in [-0.05, 0) is 30.4 Å². The minimum Gasteiger partial charge on any atom is -0.369 e. The number of pyridine rings is 1. The summed E-state index contributed by atoms with van der Waals surface area (Å²) in [6.45, 7) is 4.75. The van der Waals surface area contributed by atoms with Gasteiger partial charge in [0.1, 0.15) is 0 Å². The van der Waals surface area contributed by atoms with E-state index in [1.165, 1.54) is 5.56 Å². The second-order valence-corrected chi connectivity index (χ2v) is 6.75. The lowest BCUT2D eigenvalue weighted by Gasteiger charge is -2.30. The number of hydrogen-bond donors (Lipinski definition) is 0. The van der Waals surface area contributed by atoms with E-state index in [-0.39, 0.29) is 5.91 Å². The molecule has 1 aromatic carbocycles. The lowest BCUT2D eigenvalue weighted by atomic mass is 9.99. The molecular formula is C20H25N3O. The molecule has 1 fully saturated rings. The van der Waals surface area contributed by atoms with Crippen LogP contribution < -0.4 is 4.90 Å². The maximum atomic E-state index is 12.7.